The van der Waals surface area contributed by atoms with E-state index in [1.165, 1.54) is 12.1 Å². The van der Waals surface area contributed by atoms with Gasteiger partial charge < -0.3 is 14.4 Å². The summed E-state index contributed by atoms with van der Waals surface area (Å²) < 4.78 is 40.0. The first-order chi connectivity index (χ1) is 13.0. The molecule has 1 atom stereocenters. The minimum atomic E-state index is -1.02. The first-order valence-electron chi connectivity index (χ1n) is 9.08. The maximum absolute atomic E-state index is 14.7. The minimum Gasteiger partial charge on any atom is -0.369 e. The fraction of sp³-hybridized carbons (Fsp3) is 0.579. The normalized spacial score (nSPS) is 21.7. The number of rotatable bonds is 5. The second kappa shape index (κ2) is 8.31. The molecule has 1 unspecified atom stereocenters. The minimum absolute atomic E-state index is 0.00466. The first-order valence-corrected chi connectivity index (χ1v) is 9.08. The van der Waals surface area contributed by atoms with Gasteiger partial charge in [-0.15, -0.1) is 0 Å². The van der Waals surface area contributed by atoms with Crippen molar-refractivity contribution in [3.8, 4) is 0 Å². The predicted octanol–water partition coefficient (Wildman–Crippen LogP) is 2.32. The van der Waals surface area contributed by atoms with Gasteiger partial charge >= 0.3 is 0 Å². The van der Waals surface area contributed by atoms with E-state index in [1.54, 1.807) is 19.1 Å². The van der Waals surface area contributed by atoms with E-state index in [4.69, 9.17) is 9.47 Å². The smallest absolute Gasteiger partial charge is 0.234 e. The summed E-state index contributed by atoms with van der Waals surface area (Å²) in [6.45, 7) is 1.12. The molecule has 1 aromatic carbocycles. The van der Waals surface area contributed by atoms with Crippen molar-refractivity contribution < 1.29 is 27.8 Å². The van der Waals surface area contributed by atoms with E-state index < -0.39 is 23.5 Å². The third kappa shape index (κ3) is 3.96. The number of ether oxygens (including phenoxy) is 2. The number of hydrogen-bond acceptors (Lipinski definition) is 5. The van der Waals surface area contributed by atoms with E-state index in [9.17, 15) is 18.4 Å². The number of carbonyl (C=O) groups is 2. The molecule has 2 aliphatic heterocycles. The van der Waals surface area contributed by atoms with Crippen LogP contribution in [0, 0.1) is 17.6 Å². The highest BCUT2D eigenvalue weighted by Crippen LogP contribution is 2.34. The van der Waals surface area contributed by atoms with Gasteiger partial charge in [-0.2, -0.15) is 0 Å². The van der Waals surface area contributed by atoms with Crippen LogP contribution in [0.2, 0.25) is 0 Å². The van der Waals surface area contributed by atoms with Crippen LogP contribution < -0.4 is 10.2 Å². The molecule has 0 spiro atoms. The van der Waals surface area contributed by atoms with E-state index in [1.807, 2.05) is 0 Å². The number of anilines is 1. The van der Waals surface area contributed by atoms with Crippen LogP contribution in [-0.2, 0) is 19.1 Å². The molecule has 0 radical (unpaired) electrons. The number of nitrogens with zero attached hydrogens (tertiary/aromatic N) is 1. The molecule has 1 N–H and O–H groups in total. The monoisotopic (exact) mass is 382 g/mol. The summed E-state index contributed by atoms with van der Waals surface area (Å²) in [6.07, 6.45) is 1.47. The van der Waals surface area contributed by atoms with Gasteiger partial charge in [-0.25, -0.2) is 8.78 Å². The van der Waals surface area contributed by atoms with Crippen molar-refractivity contribution in [1.29, 1.82) is 0 Å². The van der Waals surface area contributed by atoms with E-state index in [0.29, 0.717) is 13.1 Å². The Morgan fingerprint density at radius 1 is 1.07 bits per heavy atom. The van der Waals surface area contributed by atoms with Crippen LogP contribution in [0.4, 0.5) is 14.5 Å². The number of benzene rings is 1. The van der Waals surface area contributed by atoms with E-state index in [-0.39, 0.29) is 42.2 Å². The molecular formula is C19H24F2N2O4. The van der Waals surface area contributed by atoms with E-state index in [0.717, 1.165) is 12.8 Å². The lowest BCUT2D eigenvalue weighted by Gasteiger charge is -2.36. The molecule has 1 aromatic rings. The third-order valence-electron chi connectivity index (χ3n) is 5.44. The topological polar surface area (TPSA) is 67.9 Å². The highest BCUT2D eigenvalue weighted by molar-refractivity contribution is 6.01. The van der Waals surface area contributed by atoms with Gasteiger partial charge in [0.15, 0.2) is 17.9 Å². The molecule has 8 heteroatoms. The Hall–Kier alpha value is -2.06. The van der Waals surface area contributed by atoms with Crippen LogP contribution >= 0.6 is 0 Å². The highest BCUT2D eigenvalue weighted by Gasteiger charge is 2.33. The maximum Gasteiger partial charge on any atom is 0.234 e. The summed E-state index contributed by atoms with van der Waals surface area (Å²) >= 11 is 0. The van der Waals surface area contributed by atoms with Crippen molar-refractivity contribution in [3.63, 3.8) is 0 Å². The Morgan fingerprint density at radius 3 is 2.33 bits per heavy atom. The van der Waals surface area contributed by atoms with Gasteiger partial charge in [-0.3, -0.25) is 14.9 Å². The van der Waals surface area contributed by atoms with Crippen LogP contribution in [0.5, 0.6) is 0 Å². The Bertz CT molecular complexity index is 716. The molecule has 0 aliphatic carbocycles. The second-order valence-electron chi connectivity index (χ2n) is 6.97. The number of amides is 2. The fourth-order valence-corrected chi connectivity index (χ4v) is 3.95. The first kappa shape index (κ1) is 19.7. The highest BCUT2D eigenvalue weighted by atomic mass is 19.2. The molecule has 0 aromatic heterocycles. The molecule has 148 valence electrons. The van der Waals surface area contributed by atoms with E-state index in [2.05, 4.69) is 5.32 Å². The number of hydrogen-bond donors (Lipinski definition) is 1. The quantitative estimate of drug-likeness (QED) is 0.625. The zero-order chi connectivity index (χ0) is 19.6. The molecule has 2 heterocycles. The second-order valence-corrected chi connectivity index (χ2v) is 6.97. The van der Waals surface area contributed by atoms with Crippen LogP contribution in [0.3, 0.4) is 0 Å². The lowest BCUT2D eigenvalue weighted by atomic mass is 9.89. The summed E-state index contributed by atoms with van der Waals surface area (Å²) in [5.41, 5.74) is 0.184. The Kier molecular flexibility index (Phi) is 6.06. The van der Waals surface area contributed by atoms with E-state index >= 15 is 0 Å². The van der Waals surface area contributed by atoms with Gasteiger partial charge in [0.25, 0.3) is 0 Å². The van der Waals surface area contributed by atoms with Gasteiger partial charge in [0.2, 0.25) is 11.8 Å². The molecule has 3 rings (SSSR count). The molecule has 2 aliphatic rings. The molecular weight excluding hydrogens is 358 g/mol. The Balaban J connectivity index is 1.74. The lowest BCUT2D eigenvalue weighted by Crippen LogP contribution is -2.40. The zero-order valence-electron chi connectivity index (χ0n) is 15.5. The van der Waals surface area contributed by atoms with Gasteiger partial charge in [0, 0.05) is 45.2 Å². The molecule has 2 fully saturated rings. The summed E-state index contributed by atoms with van der Waals surface area (Å²) in [5, 5.41) is 2.18. The number of methoxy groups -OCH3 is 2. The predicted molar refractivity (Wildman–Crippen MR) is 94.2 cm³/mol. The maximum atomic E-state index is 14.7. The van der Waals surface area contributed by atoms with Gasteiger partial charge in [0.1, 0.15) is 0 Å². The van der Waals surface area contributed by atoms with Crippen LogP contribution in [-0.4, -0.2) is 45.4 Å². The fourth-order valence-electron chi connectivity index (χ4n) is 3.95. The van der Waals surface area contributed by atoms with Crippen molar-refractivity contribution in [3.05, 3.63) is 29.3 Å². The average Bonchev–Trinajstić information content (AvgIpc) is 2.66. The number of halogens is 2. The van der Waals surface area contributed by atoms with Crippen LogP contribution in [0.15, 0.2) is 12.1 Å². The summed E-state index contributed by atoms with van der Waals surface area (Å²) in [6, 6.07) is 2.97. The Labute approximate surface area is 156 Å². The third-order valence-corrected chi connectivity index (χ3v) is 5.44. The van der Waals surface area contributed by atoms with Gasteiger partial charge in [0.05, 0.1) is 11.6 Å². The number of imide groups is 1. The summed E-state index contributed by atoms with van der Waals surface area (Å²) in [4.78, 5) is 25.0. The molecule has 6 nitrogen and oxygen atoms in total. The molecule has 27 heavy (non-hydrogen) atoms. The lowest BCUT2D eigenvalue weighted by molar-refractivity contribution is -0.141. The SMILES string of the molecule is COC(OC)C1CCN(c2ccc(C3CCC(=O)NC3=O)c(F)c2F)CC1. The van der Waals surface area contributed by atoms with Gasteiger partial charge in [-0.1, -0.05) is 6.07 Å². The number of nitrogens with one attached hydrogen (secondary N) is 1. The van der Waals surface area contributed by atoms with Crippen molar-refractivity contribution in [2.75, 3.05) is 32.2 Å². The van der Waals surface area contributed by atoms with Crippen molar-refractivity contribution in [2.24, 2.45) is 5.92 Å². The molecule has 2 amide bonds. The summed E-state index contributed by atoms with van der Waals surface area (Å²) in [7, 11) is 3.17. The number of carbonyl (C=O) groups excluding carboxylic acids is 2. The molecule has 2 saturated heterocycles. The zero-order valence-corrected chi connectivity index (χ0v) is 15.5. The Morgan fingerprint density at radius 2 is 1.74 bits per heavy atom. The largest absolute Gasteiger partial charge is 0.369 e. The van der Waals surface area contributed by atoms with Crippen molar-refractivity contribution in [1.82, 2.24) is 5.32 Å². The van der Waals surface area contributed by atoms with Crippen LogP contribution in [0.1, 0.15) is 37.2 Å². The molecule has 0 saturated carbocycles. The van der Waals surface area contributed by atoms with Crippen molar-refractivity contribution in [2.45, 2.75) is 37.9 Å². The van der Waals surface area contributed by atoms with Gasteiger partial charge in [-0.05, 0) is 25.3 Å². The molecule has 0 bridgehead atoms. The number of piperidine rings is 2. The standard InChI is InChI=1S/C19H24F2N2O4/c1-26-19(27-2)11-7-9-23(10-8-11)14-5-3-12(16(20)17(14)21)13-4-6-15(24)22-18(13)25/h3,5,11,13,19H,4,6-10H2,1-2H3,(H,22,24,25). The van der Waals surface area contributed by atoms with Crippen molar-refractivity contribution >= 4 is 17.5 Å². The van der Waals surface area contributed by atoms with Crippen LogP contribution in [0.25, 0.3) is 0 Å². The summed E-state index contributed by atoms with van der Waals surface area (Å²) in [5.74, 6) is -3.58. The average molecular weight is 382 g/mol.